The molecule has 1 saturated carbocycles. The summed E-state index contributed by atoms with van der Waals surface area (Å²) in [5.74, 6) is 2.56. The fourth-order valence-corrected chi connectivity index (χ4v) is 3.59. The van der Waals surface area contributed by atoms with Crippen molar-refractivity contribution in [3.63, 3.8) is 0 Å². The number of benzene rings is 1. The van der Waals surface area contributed by atoms with Crippen LogP contribution in [-0.4, -0.2) is 53.5 Å². The minimum absolute atomic E-state index is 0. The van der Waals surface area contributed by atoms with E-state index in [-0.39, 0.29) is 24.0 Å². The van der Waals surface area contributed by atoms with Gasteiger partial charge in [0.25, 0.3) is 0 Å². The van der Waals surface area contributed by atoms with Crippen molar-refractivity contribution >= 4 is 29.9 Å². The van der Waals surface area contributed by atoms with Gasteiger partial charge in [-0.1, -0.05) is 12.8 Å². The second kappa shape index (κ2) is 13.9. The fraction of sp³-hybridized carbons (Fsp3) is 0.667. The van der Waals surface area contributed by atoms with E-state index in [1.807, 2.05) is 31.3 Å². The Hall–Kier alpha value is -1.22. The summed E-state index contributed by atoms with van der Waals surface area (Å²) in [5.41, 5.74) is 0.352. The van der Waals surface area contributed by atoms with Gasteiger partial charge in [0, 0.05) is 33.9 Å². The molecule has 1 aromatic carbocycles. The lowest BCUT2D eigenvalue weighted by atomic mass is 9.83. The van der Waals surface area contributed by atoms with Crippen LogP contribution in [0, 0.1) is 5.41 Å². The first kappa shape index (κ1) is 24.8. The molecule has 0 atom stereocenters. The zero-order valence-electron chi connectivity index (χ0n) is 17.5. The van der Waals surface area contributed by atoms with E-state index in [4.69, 9.17) is 14.2 Å². The topological polar surface area (TPSA) is 64.1 Å². The smallest absolute Gasteiger partial charge is 0.190 e. The number of nitrogens with zero attached hydrogens (tertiary/aromatic N) is 1. The molecule has 0 radical (unpaired) electrons. The van der Waals surface area contributed by atoms with E-state index in [0.29, 0.717) is 12.0 Å². The van der Waals surface area contributed by atoms with Crippen molar-refractivity contribution in [3.05, 3.63) is 24.3 Å². The number of rotatable bonds is 11. The summed E-state index contributed by atoms with van der Waals surface area (Å²) in [7, 11) is 5.26. The van der Waals surface area contributed by atoms with E-state index in [1.54, 1.807) is 14.2 Å². The molecule has 0 bridgehead atoms. The van der Waals surface area contributed by atoms with Crippen molar-refractivity contribution in [1.82, 2.24) is 10.6 Å². The van der Waals surface area contributed by atoms with Gasteiger partial charge in [-0.05, 0) is 55.4 Å². The Bertz CT molecular complexity index is 561. The molecule has 1 fully saturated rings. The predicted octanol–water partition coefficient (Wildman–Crippen LogP) is 3.84. The van der Waals surface area contributed by atoms with Crippen LogP contribution in [0.25, 0.3) is 0 Å². The number of aliphatic imine (C=N–C) groups is 1. The summed E-state index contributed by atoms with van der Waals surface area (Å²) in [5, 5.41) is 6.89. The van der Waals surface area contributed by atoms with Crippen LogP contribution in [0.1, 0.15) is 38.5 Å². The molecule has 0 aromatic heterocycles. The number of ether oxygens (including phenoxy) is 3. The van der Waals surface area contributed by atoms with Gasteiger partial charge in [-0.15, -0.1) is 24.0 Å². The highest BCUT2D eigenvalue weighted by atomic mass is 127. The molecule has 0 heterocycles. The van der Waals surface area contributed by atoms with Gasteiger partial charge >= 0.3 is 0 Å². The van der Waals surface area contributed by atoms with E-state index in [1.165, 1.54) is 25.7 Å². The van der Waals surface area contributed by atoms with E-state index < -0.39 is 0 Å². The largest absolute Gasteiger partial charge is 0.497 e. The predicted molar refractivity (Wildman–Crippen MR) is 125 cm³/mol. The van der Waals surface area contributed by atoms with E-state index in [2.05, 4.69) is 15.6 Å². The molecule has 0 spiro atoms. The quantitative estimate of drug-likeness (QED) is 0.207. The third-order valence-corrected chi connectivity index (χ3v) is 5.30. The Morgan fingerprint density at radius 3 is 2.32 bits per heavy atom. The van der Waals surface area contributed by atoms with E-state index in [9.17, 15) is 0 Å². The van der Waals surface area contributed by atoms with Gasteiger partial charge in [-0.3, -0.25) is 4.99 Å². The lowest BCUT2D eigenvalue weighted by Crippen LogP contribution is -2.43. The molecule has 1 aliphatic carbocycles. The standard InChI is InChI=1S/C21H35N3O3.HI/c1-22-20(24-17-21(13-16-25-2)11-4-5-12-21)23-14-6-15-27-19-9-7-18(26-3)8-10-19;/h7-10H,4-6,11-17H2,1-3H3,(H2,22,23,24);1H. The molecule has 2 N–H and O–H groups in total. The lowest BCUT2D eigenvalue weighted by Gasteiger charge is -2.30. The van der Waals surface area contributed by atoms with E-state index in [0.717, 1.165) is 50.0 Å². The van der Waals surface area contributed by atoms with Gasteiger partial charge < -0.3 is 24.8 Å². The Morgan fingerprint density at radius 2 is 1.71 bits per heavy atom. The molecule has 6 nitrogen and oxygen atoms in total. The first-order chi connectivity index (χ1) is 13.2. The number of hydrogen-bond donors (Lipinski definition) is 2. The molecule has 2 rings (SSSR count). The average Bonchev–Trinajstić information content (AvgIpc) is 3.18. The normalized spacial score (nSPS) is 15.6. The van der Waals surface area contributed by atoms with Crippen LogP contribution in [0.15, 0.2) is 29.3 Å². The Morgan fingerprint density at radius 1 is 1.04 bits per heavy atom. The molecule has 1 aromatic rings. The third kappa shape index (κ3) is 8.43. The van der Waals surface area contributed by atoms with Crippen LogP contribution in [-0.2, 0) is 4.74 Å². The Labute approximate surface area is 186 Å². The first-order valence-corrected chi connectivity index (χ1v) is 9.92. The minimum atomic E-state index is 0. The van der Waals surface area contributed by atoms with Crippen LogP contribution in [0.4, 0.5) is 0 Å². The van der Waals surface area contributed by atoms with Crippen molar-refractivity contribution in [2.75, 3.05) is 47.6 Å². The number of hydrogen-bond acceptors (Lipinski definition) is 4. The minimum Gasteiger partial charge on any atom is -0.497 e. The third-order valence-electron chi connectivity index (χ3n) is 5.30. The lowest BCUT2D eigenvalue weighted by molar-refractivity contribution is 0.138. The maximum Gasteiger partial charge on any atom is 0.190 e. The van der Waals surface area contributed by atoms with Crippen LogP contribution in [0.5, 0.6) is 11.5 Å². The van der Waals surface area contributed by atoms with Crippen LogP contribution < -0.4 is 20.1 Å². The molecule has 0 saturated heterocycles. The molecule has 28 heavy (non-hydrogen) atoms. The summed E-state index contributed by atoms with van der Waals surface area (Å²) in [6.45, 7) is 3.27. The summed E-state index contributed by atoms with van der Waals surface area (Å²) in [4.78, 5) is 4.34. The van der Waals surface area contributed by atoms with Crippen molar-refractivity contribution < 1.29 is 14.2 Å². The summed E-state index contributed by atoms with van der Waals surface area (Å²) < 4.78 is 16.2. The van der Waals surface area contributed by atoms with Gasteiger partial charge in [-0.25, -0.2) is 0 Å². The second-order valence-corrected chi connectivity index (χ2v) is 7.18. The van der Waals surface area contributed by atoms with Gasteiger partial charge in [-0.2, -0.15) is 0 Å². The molecular weight excluding hydrogens is 469 g/mol. The average molecular weight is 505 g/mol. The number of halogens is 1. The first-order valence-electron chi connectivity index (χ1n) is 9.92. The maximum absolute atomic E-state index is 5.75. The molecule has 0 unspecified atom stereocenters. The van der Waals surface area contributed by atoms with Gasteiger partial charge in [0.1, 0.15) is 11.5 Å². The molecule has 0 aliphatic heterocycles. The van der Waals surface area contributed by atoms with Crippen molar-refractivity contribution in [3.8, 4) is 11.5 Å². The highest BCUT2D eigenvalue weighted by molar-refractivity contribution is 14.0. The fourth-order valence-electron chi connectivity index (χ4n) is 3.59. The van der Waals surface area contributed by atoms with Gasteiger partial charge in [0.2, 0.25) is 0 Å². The van der Waals surface area contributed by atoms with Crippen molar-refractivity contribution in [1.29, 1.82) is 0 Å². The molecule has 160 valence electrons. The number of nitrogens with one attached hydrogen (secondary N) is 2. The SMILES string of the molecule is CN=C(NCCCOc1ccc(OC)cc1)NCC1(CCOC)CCCC1.I. The van der Waals surface area contributed by atoms with Crippen LogP contribution >= 0.6 is 24.0 Å². The van der Waals surface area contributed by atoms with Gasteiger partial charge in [0.05, 0.1) is 13.7 Å². The monoisotopic (exact) mass is 505 g/mol. The summed E-state index contributed by atoms with van der Waals surface area (Å²) >= 11 is 0. The molecule has 1 aliphatic rings. The Kier molecular flexibility index (Phi) is 12.3. The zero-order valence-corrected chi connectivity index (χ0v) is 19.8. The van der Waals surface area contributed by atoms with Gasteiger partial charge in [0.15, 0.2) is 5.96 Å². The van der Waals surface area contributed by atoms with E-state index >= 15 is 0 Å². The highest BCUT2D eigenvalue weighted by Gasteiger charge is 2.33. The maximum atomic E-state index is 5.75. The molecular formula is C21H36IN3O3. The molecule has 0 amide bonds. The second-order valence-electron chi connectivity index (χ2n) is 7.18. The van der Waals surface area contributed by atoms with Crippen molar-refractivity contribution in [2.24, 2.45) is 10.4 Å². The zero-order chi connectivity index (χ0) is 19.4. The molecule has 7 heteroatoms. The number of methoxy groups -OCH3 is 2. The van der Waals surface area contributed by atoms with Crippen LogP contribution in [0.3, 0.4) is 0 Å². The summed E-state index contributed by atoms with van der Waals surface area (Å²) in [6.07, 6.45) is 7.21. The Balaban J connectivity index is 0.00000392. The number of guanidine groups is 1. The van der Waals surface area contributed by atoms with Crippen LogP contribution in [0.2, 0.25) is 0 Å². The highest BCUT2D eigenvalue weighted by Crippen LogP contribution is 2.40. The summed E-state index contributed by atoms with van der Waals surface area (Å²) in [6, 6.07) is 7.66. The van der Waals surface area contributed by atoms with Crippen molar-refractivity contribution in [2.45, 2.75) is 38.5 Å².